The zero-order valence-electron chi connectivity index (χ0n) is 13.3. The van der Waals surface area contributed by atoms with Crippen LogP contribution in [0.1, 0.15) is 36.5 Å². The predicted octanol–water partition coefficient (Wildman–Crippen LogP) is 5.83. The molecule has 1 nitrogen and oxygen atoms in total. The topological polar surface area (TPSA) is 9.23 Å². The molecule has 4 rings (SSSR count). The minimum Gasteiger partial charge on any atom is -0.488 e. The van der Waals surface area contributed by atoms with Gasteiger partial charge in [0.15, 0.2) is 0 Å². The van der Waals surface area contributed by atoms with Gasteiger partial charge in [-0.1, -0.05) is 61.9 Å². The number of rotatable bonds is 1. The van der Waals surface area contributed by atoms with E-state index in [-0.39, 0.29) is 0 Å². The number of aryl methyl sites for hydroxylation is 1. The Labute approximate surface area is 131 Å². The molecule has 0 aromatic heterocycles. The standard InChI is InChI=1S/C21H20O/c1-13(2)15-5-9-19-18-8-6-16-10-14(3)4-7-17(16)20(18)12-22-21(19)11-15/h4-11,13H,12H2,1-3H3. The highest BCUT2D eigenvalue weighted by atomic mass is 16.5. The number of fused-ring (bicyclic) bond motifs is 5. The summed E-state index contributed by atoms with van der Waals surface area (Å²) in [5.41, 5.74) is 6.47. The summed E-state index contributed by atoms with van der Waals surface area (Å²) in [6.07, 6.45) is 0. The number of hydrogen-bond acceptors (Lipinski definition) is 1. The zero-order valence-corrected chi connectivity index (χ0v) is 13.3. The largest absolute Gasteiger partial charge is 0.488 e. The minimum atomic E-state index is 0.523. The van der Waals surface area contributed by atoms with Crippen LogP contribution in [0.15, 0.2) is 48.5 Å². The van der Waals surface area contributed by atoms with E-state index in [0.29, 0.717) is 12.5 Å². The van der Waals surface area contributed by atoms with Crippen LogP contribution >= 0.6 is 0 Å². The average Bonchev–Trinajstić information content (AvgIpc) is 2.53. The van der Waals surface area contributed by atoms with Crippen molar-refractivity contribution in [2.24, 2.45) is 0 Å². The second-order valence-electron chi connectivity index (χ2n) is 6.52. The van der Waals surface area contributed by atoms with E-state index in [4.69, 9.17) is 4.74 Å². The van der Waals surface area contributed by atoms with Crippen LogP contribution in [-0.4, -0.2) is 0 Å². The van der Waals surface area contributed by atoms with Gasteiger partial charge in [0.05, 0.1) is 0 Å². The normalized spacial score (nSPS) is 12.9. The van der Waals surface area contributed by atoms with Gasteiger partial charge in [-0.2, -0.15) is 0 Å². The first-order valence-electron chi connectivity index (χ1n) is 7.93. The summed E-state index contributed by atoms with van der Waals surface area (Å²) in [6.45, 7) is 7.23. The Morgan fingerprint density at radius 2 is 1.73 bits per heavy atom. The molecule has 0 N–H and O–H groups in total. The highest BCUT2D eigenvalue weighted by Crippen LogP contribution is 2.41. The van der Waals surface area contributed by atoms with Gasteiger partial charge in [0, 0.05) is 11.1 Å². The van der Waals surface area contributed by atoms with Crippen molar-refractivity contribution in [3.05, 3.63) is 65.2 Å². The molecule has 22 heavy (non-hydrogen) atoms. The van der Waals surface area contributed by atoms with E-state index in [1.165, 1.54) is 38.6 Å². The Morgan fingerprint density at radius 3 is 2.55 bits per heavy atom. The summed E-state index contributed by atoms with van der Waals surface area (Å²) < 4.78 is 6.08. The molecule has 1 aliphatic heterocycles. The monoisotopic (exact) mass is 288 g/mol. The maximum absolute atomic E-state index is 6.08. The Hall–Kier alpha value is -2.28. The highest BCUT2D eigenvalue weighted by molar-refractivity contribution is 5.93. The van der Waals surface area contributed by atoms with Gasteiger partial charge in [0.2, 0.25) is 0 Å². The molecular formula is C21H20O. The van der Waals surface area contributed by atoms with Crippen LogP contribution in [0.25, 0.3) is 21.9 Å². The third kappa shape index (κ3) is 2.00. The first-order valence-corrected chi connectivity index (χ1v) is 7.93. The number of ether oxygens (including phenoxy) is 1. The van der Waals surface area contributed by atoms with Crippen LogP contribution in [0, 0.1) is 6.92 Å². The lowest BCUT2D eigenvalue weighted by molar-refractivity contribution is 0.303. The summed E-state index contributed by atoms with van der Waals surface area (Å²) in [5, 5.41) is 2.60. The smallest absolute Gasteiger partial charge is 0.127 e. The van der Waals surface area contributed by atoms with Gasteiger partial charge in [0.25, 0.3) is 0 Å². The second kappa shape index (κ2) is 4.88. The molecule has 1 heterocycles. The van der Waals surface area contributed by atoms with Gasteiger partial charge in [-0.15, -0.1) is 0 Å². The molecule has 0 saturated heterocycles. The van der Waals surface area contributed by atoms with Gasteiger partial charge in [-0.3, -0.25) is 0 Å². The fourth-order valence-electron chi connectivity index (χ4n) is 3.31. The molecule has 0 amide bonds. The fourth-order valence-corrected chi connectivity index (χ4v) is 3.31. The molecule has 0 aliphatic carbocycles. The SMILES string of the molecule is Cc1ccc2c3c(ccc2c1)-c1ccc(C(C)C)cc1OC3. The van der Waals surface area contributed by atoms with E-state index < -0.39 is 0 Å². The van der Waals surface area contributed by atoms with Gasteiger partial charge < -0.3 is 4.74 Å². The molecule has 0 unspecified atom stereocenters. The van der Waals surface area contributed by atoms with Crippen molar-refractivity contribution in [1.29, 1.82) is 0 Å². The van der Waals surface area contributed by atoms with Gasteiger partial charge in [-0.25, -0.2) is 0 Å². The van der Waals surface area contributed by atoms with Crippen molar-refractivity contribution in [2.45, 2.75) is 33.3 Å². The molecule has 0 atom stereocenters. The quantitative estimate of drug-likeness (QED) is 0.547. The Morgan fingerprint density at radius 1 is 0.909 bits per heavy atom. The zero-order chi connectivity index (χ0) is 15.3. The summed E-state index contributed by atoms with van der Waals surface area (Å²) in [5.74, 6) is 1.54. The highest BCUT2D eigenvalue weighted by Gasteiger charge is 2.20. The van der Waals surface area contributed by atoms with Crippen molar-refractivity contribution in [2.75, 3.05) is 0 Å². The molecule has 1 heteroatoms. The van der Waals surface area contributed by atoms with Crippen molar-refractivity contribution < 1.29 is 4.74 Å². The van der Waals surface area contributed by atoms with Crippen molar-refractivity contribution in [3.63, 3.8) is 0 Å². The van der Waals surface area contributed by atoms with E-state index in [0.717, 1.165) is 5.75 Å². The van der Waals surface area contributed by atoms with Gasteiger partial charge >= 0.3 is 0 Å². The molecule has 3 aromatic carbocycles. The average molecular weight is 288 g/mol. The lowest BCUT2D eigenvalue weighted by Gasteiger charge is -2.23. The van der Waals surface area contributed by atoms with Crippen LogP contribution in [0.2, 0.25) is 0 Å². The van der Waals surface area contributed by atoms with Crippen LogP contribution < -0.4 is 4.74 Å². The maximum atomic E-state index is 6.08. The molecule has 1 aliphatic rings. The van der Waals surface area contributed by atoms with E-state index in [1.54, 1.807) is 0 Å². The molecular weight excluding hydrogens is 268 g/mol. The predicted molar refractivity (Wildman–Crippen MR) is 92.5 cm³/mol. The van der Waals surface area contributed by atoms with E-state index in [9.17, 15) is 0 Å². The number of benzene rings is 3. The lowest BCUT2D eigenvalue weighted by Crippen LogP contribution is -2.07. The van der Waals surface area contributed by atoms with Crippen molar-refractivity contribution >= 4 is 10.8 Å². The molecule has 0 saturated carbocycles. The third-order valence-electron chi connectivity index (χ3n) is 4.62. The second-order valence-corrected chi connectivity index (χ2v) is 6.52. The van der Waals surface area contributed by atoms with Crippen LogP contribution in [0.5, 0.6) is 5.75 Å². The molecule has 0 radical (unpaired) electrons. The third-order valence-corrected chi connectivity index (χ3v) is 4.62. The molecule has 0 fully saturated rings. The Bertz CT molecular complexity index is 874. The van der Waals surface area contributed by atoms with Crippen LogP contribution in [0.4, 0.5) is 0 Å². The van der Waals surface area contributed by atoms with Crippen LogP contribution in [0.3, 0.4) is 0 Å². The minimum absolute atomic E-state index is 0.523. The summed E-state index contributed by atoms with van der Waals surface area (Å²) in [7, 11) is 0. The maximum Gasteiger partial charge on any atom is 0.127 e. The first kappa shape index (κ1) is 13.4. The van der Waals surface area contributed by atoms with Gasteiger partial charge in [0.1, 0.15) is 12.4 Å². The molecule has 110 valence electrons. The molecule has 0 spiro atoms. The van der Waals surface area contributed by atoms with E-state index >= 15 is 0 Å². The van der Waals surface area contributed by atoms with Gasteiger partial charge in [-0.05, 0) is 40.8 Å². The Balaban J connectivity index is 1.93. The first-order chi connectivity index (χ1) is 10.6. The summed E-state index contributed by atoms with van der Waals surface area (Å²) >= 11 is 0. The molecule has 3 aromatic rings. The van der Waals surface area contributed by atoms with E-state index in [1.807, 2.05) is 0 Å². The van der Waals surface area contributed by atoms with Crippen molar-refractivity contribution in [3.8, 4) is 16.9 Å². The fraction of sp³-hybridized carbons (Fsp3) is 0.238. The summed E-state index contributed by atoms with van der Waals surface area (Å²) in [4.78, 5) is 0. The van der Waals surface area contributed by atoms with Crippen LogP contribution in [-0.2, 0) is 6.61 Å². The number of hydrogen-bond donors (Lipinski definition) is 0. The van der Waals surface area contributed by atoms with E-state index in [2.05, 4.69) is 69.3 Å². The lowest BCUT2D eigenvalue weighted by atomic mass is 9.90. The Kier molecular flexibility index (Phi) is 2.97. The molecule has 0 bridgehead atoms. The summed E-state index contributed by atoms with van der Waals surface area (Å²) in [6, 6.07) is 17.7. The van der Waals surface area contributed by atoms with Crippen molar-refractivity contribution in [1.82, 2.24) is 0 Å².